The normalized spacial score (nSPS) is 17.5. The van der Waals surface area contributed by atoms with Gasteiger partial charge in [-0.2, -0.15) is 0 Å². The van der Waals surface area contributed by atoms with Crippen molar-refractivity contribution in [3.05, 3.63) is 108 Å². The van der Waals surface area contributed by atoms with Crippen LogP contribution in [0.4, 0.5) is 27.6 Å². The van der Waals surface area contributed by atoms with Gasteiger partial charge in [-0.1, -0.05) is 19.3 Å². The molecule has 0 saturated heterocycles. The monoisotopic (exact) mass is 674 g/mol. The molecule has 0 N–H and O–H groups in total. The molecule has 46 heavy (non-hydrogen) atoms. The smallest absolute Gasteiger partial charge is 0.216 e. The molecule has 0 atom stereocenters. The second-order valence-electron chi connectivity index (χ2n) is 12.0. The van der Waals surface area contributed by atoms with Crippen molar-refractivity contribution in [3.63, 3.8) is 0 Å². The van der Waals surface area contributed by atoms with Crippen LogP contribution in [0.3, 0.4) is 0 Å². The Morgan fingerprint density at radius 1 is 0.674 bits per heavy atom. The standard InChI is InChI=1S/C34H18F4N2O3S3/c35-18-6-13-7-22(28(41)14(13)8-19(18)36)39-25-12-23-32(46-25)26-33(44-23)31-17(34(26)4-2-1-3-5-34)11-24(45-31)40-27-29(42)15-9-20(37)21(38)10-16(15)30(27)43/h6,8-12H,1-5,7H2/b39-22+. The van der Waals surface area contributed by atoms with E-state index in [1.807, 2.05) is 12.1 Å². The van der Waals surface area contributed by atoms with Crippen molar-refractivity contribution >= 4 is 75.7 Å². The average Bonchev–Trinajstić information content (AvgIpc) is 3.84. The first kappa shape index (κ1) is 28.1. The molecule has 6 aromatic rings. The van der Waals surface area contributed by atoms with Crippen molar-refractivity contribution < 1.29 is 22.4 Å². The van der Waals surface area contributed by atoms with Crippen LogP contribution in [0.1, 0.15) is 59.2 Å². The second-order valence-corrected chi connectivity index (χ2v) is 15.1. The molecule has 0 aliphatic heterocycles. The first-order valence-electron chi connectivity index (χ1n) is 14.6. The van der Waals surface area contributed by atoms with Crippen molar-refractivity contribution in [2.45, 2.75) is 43.9 Å². The third-order valence-corrected chi connectivity index (χ3v) is 12.9. The molecular weight excluding hydrogens is 657 g/mol. The maximum atomic E-state index is 13.8. The quantitative estimate of drug-likeness (QED) is 0.174. The Balaban J connectivity index is 1.15. The number of halogens is 4. The molecule has 3 aromatic carbocycles. The molecule has 9 rings (SSSR count). The number of Topliss-reactive ketones (excluding diaryl/α,β-unsaturated/α-hetero) is 1. The Labute approximate surface area is 268 Å². The highest BCUT2D eigenvalue weighted by Gasteiger charge is 2.48. The fourth-order valence-electron chi connectivity index (χ4n) is 7.37. The summed E-state index contributed by atoms with van der Waals surface area (Å²) in [6.45, 7) is 0. The molecule has 0 amide bonds. The van der Waals surface area contributed by atoms with Gasteiger partial charge in [0.2, 0.25) is 16.6 Å². The molecule has 0 radical (unpaired) electrons. The van der Waals surface area contributed by atoms with Crippen LogP contribution in [0.15, 0.2) is 56.0 Å². The molecule has 12 heteroatoms. The Morgan fingerprint density at radius 3 is 2.04 bits per heavy atom. The molecule has 3 heterocycles. The average molecular weight is 675 g/mol. The lowest BCUT2D eigenvalue weighted by Crippen LogP contribution is -2.31. The van der Waals surface area contributed by atoms with Crippen LogP contribution in [0, 0.1) is 23.3 Å². The van der Waals surface area contributed by atoms with Crippen molar-refractivity contribution in [3.8, 4) is 9.75 Å². The second kappa shape index (κ2) is 9.69. The molecule has 3 aliphatic carbocycles. The number of thiophene rings is 3. The summed E-state index contributed by atoms with van der Waals surface area (Å²) < 4.78 is 57.4. The van der Waals surface area contributed by atoms with E-state index in [2.05, 4.69) is 9.98 Å². The van der Waals surface area contributed by atoms with Gasteiger partial charge < -0.3 is 0 Å². The van der Waals surface area contributed by atoms with Crippen LogP contribution in [0.5, 0.6) is 0 Å². The molecule has 1 spiro atoms. The van der Waals surface area contributed by atoms with Crippen LogP contribution < -0.4 is 16.2 Å². The minimum atomic E-state index is -1.19. The summed E-state index contributed by atoms with van der Waals surface area (Å²) >= 11 is 4.51. The summed E-state index contributed by atoms with van der Waals surface area (Å²) in [6, 6.07) is 7.41. The van der Waals surface area contributed by atoms with Crippen molar-refractivity contribution in [1.82, 2.24) is 0 Å². The highest BCUT2D eigenvalue weighted by atomic mass is 32.1. The van der Waals surface area contributed by atoms with E-state index in [4.69, 9.17) is 0 Å². The van der Waals surface area contributed by atoms with Gasteiger partial charge in [0, 0.05) is 38.4 Å². The summed E-state index contributed by atoms with van der Waals surface area (Å²) in [4.78, 5) is 50.2. The fourth-order valence-corrected chi connectivity index (χ4v) is 11.4. The molecule has 3 aromatic heterocycles. The van der Waals surface area contributed by atoms with E-state index < -0.39 is 39.9 Å². The lowest BCUT2D eigenvalue weighted by atomic mass is 9.68. The van der Waals surface area contributed by atoms with E-state index in [0.717, 1.165) is 81.1 Å². The largest absolute Gasteiger partial charge is 0.287 e. The molecule has 228 valence electrons. The van der Waals surface area contributed by atoms with E-state index >= 15 is 0 Å². The van der Waals surface area contributed by atoms with E-state index in [9.17, 15) is 31.9 Å². The topological polar surface area (TPSA) is 75.9 Å². The summed E-state index contributed by atoms with van der Waals surface area (Å²) in [5, 5.41) is 0.432. The number of carbonyl (C=O) groups excluding carboxylic acids is 1. The van der Waals surface area contributed by atoms with Gasteiger partial charge in [-0.25, -0.2) is 27.5 Å². The molecule has 3 aliphatic rings. The van der Waals surface area contributed by atoms with Gasteiger partial charge >= 0.3 is 0 Å². The van der Waals surface area contributed by atoms with E-state index in [1.165, 1.54) is 28.2 Å². The number of rotatable bonds is 2. The summed E-state index contributed by atoms with van der Waals surface area (Å²) in [7, 11) is 0. The third kappa shape index (κ3) is 3.80. The van der Waals surface area contributed by atoms with Crippen molar-refractivity contribution in [1.29, 1.82) is 0 Å². The zero-order valence-corrected chi connectivity index (χ0v) is 26.0. The predicted molar refractivity (Wildman–Crippen MR) is 172 cm³/mol. The molecule has 1 saturated carbocycles. The Bertz CT molecular complexity index is 2510. The number of carbonyl (C=O) groups is 1. The highest BCUT2D eigenvalue weighted by Crippen LogP contribution is 2.64. The zero-order chi connectivity index (χ0) is 31.6. The number of nitrogens with zero attached hydrogens (tertiary/aromatic N) is 2. The van der Waals surface area contributed by atoms with Crippen LogP contribution in [-0.4, -0.2) is 11.5 Å². The summed E-state index contributed by atoms with van der Waals surface area (Å²) in [6.07, 6.45) is 5.14. The van der Waals surface area contributed by atoms with Crippen LogP contribution in [0.2, 0.25) is 0 Å². The van der Waals surface area contributed by atoms with Crippen molar-refractivity contribution in [2.75, 3.05) is 0 Å². The van der Waals surface area contributed by atoms with Crippen LogP contribution in [0.25, 0.3) is 29.9 Å². The number of ketones is 1. The number of fused-ring (bicyclic) bond motifs is 9. The number of hydrogen-bond acceptors (Lipinski definition) is 8. The number of benzene rings is 2. The van der Waals surface area contributed by atoms with Crippen LogP contribution in [-0.2, 0) is 11.8 Å². The van der Waals surface area contributed by atoms with Gasteiger partial charge in [0.1, 0.15) is 10.0 Å². The SMILES string of the molecule is O=C1/C(=N/c2cc3sc4c(c3s2)C2(CCCCC2)c2cc(N=c3c(=O)c5cc(F)c(F)cc5c3=O)sc2-4)Cc2cc(F)c(F)cc21. The third-order valence-electron chi connectivity index (χ3n) is 9.44. The lowest BCUT2D eigenvalue weighted by Gasteiger charge is -2.34. The summed E-state index contributed by atoms with van der Waals surface area (Å²) in [5.74, 6) is -4.83. The molecule has 5 nitrogen and oxygen atoms in total. The predicted octanol–water partition coefficient (Wildman–Crippen LogP) is 8.30. The Hall–Kier alpha value is -4.13. The first-order chi connectivity index (χ1) is 22.1. The molecule has 0 bridgehead atoms. The van der Waals surface area contributed by atoms with Gasteiger partial charge in [-0.05, 0) is 60.4 Å². The van der Waals surface area contributed by atoms with Gasteiger partial charge in [0.15, 0.2) is 28.6 Å². The van der Waals surface area contributed by atoms with E-state index in [-0.39, 0.29) is 39.2 Å². The molecule has 0 unspecified atom stereocenters. The maximum absolute atomic E-state index is 13.8. The molecular formula is C34H18F4N2O3S3. The fraction of sp³-hybridized carbons (Fsp3) is 0.206. The van der Waals surface area contributed by atoms with Gasteiger partial charge in [-0.15, -0.1) is 34.0 Å². The van der Waals surface area contributed by atoms with E-state index in [1.54, 1.807) is 11.3 Å². The van der Waals surface area contributed by atoms with Gasteiger partial charge in [0.05, 0.1) is 20.2 Å². The Morgan fingerprint density at radius 2 is 1.33 bits per heavy atom. The highest BCUT2D eigenvalue weighted by molar-refractivity contribution is 7.33. The minimum absolute atomic E-state index is 0.140. The van der Waals surface area contributed by atoms with Crippen molar-refractivity contribution in [2.24, 2.45) is 9.98 Å². The van der Waals surface area contributed by atoms with E-state index in [0.29, 0.717) is 15.6 Å². The lowest BCUT2D eigenvalue weighted by molar-refractivity contribution is 0.106. The molecule has 1 fully saturated rings. The first-order valence-corrected chi connectivity index (χ1v) is 17.1. The maximum Gasteiger partial charge on any atom is 0.216 e. The number of hydrogen-bond donors (Lipinski definition) is 0. The van der Waals surface area contributed by atoms with Gasteiger partial charge in [0.25, 0.3) is 0 Å². The van der Waals surface area contributed by atoms with Crippen LogP contribution >= 0.6 is 34.0 Å². The minimum Gasteiger partial charge on any atom is -0.287 e. The Kier molecular flexibility index (Phi) is 5.93. The van der Waals surface area contributed by atoms with Gasteiger partial charge in [-0.3, -0.25) is 14.4 Å². The summed E-state index contributed by atoms with van der Waals surface area (Å²) in [5.41, 5.74) is 1.46. The zero-order valence-electron chi connectivity index (χ0n) is 23.6. The number of aliphatic imine (C=N–C) groups is 1.